The molecule has 0 bridgehead atoms. The first kappa shape index (κ1) is 8.12. The van der Waals surface area contributed by atoms with E-state index >= 15 is 0 Å². The summed E-state index contributed by atoms with van der Waals surface area (Å²) in [7, 11) is 0. The molecule has 0 aromatic heterocycles. The number of fused-ring (bicyclic) bond motifs is 2. The van der Waals surface area contributed by atoms with Crippen LogP contribution in [0.4, 0.5) is 0 Å². The van der Waals surface area contributed by atoms with E-state index in [1.54, 1.807) is 0 Å². The van der Waals surface area contributed by atoms with Crippen LogP contribution in [0, 0.1) is 11.8 Å². The second-order valence-corrected chi connectivity index (χ2v) is 6.11. The van der Waals surface area contributed by atoms with Gasteiger partial charge in [0.15, 0.2) is 0 Å². The molecule has 6 atom stereocenters. The summed E-state index contributed by atoms with van der Waals surface area (Å²) >= 11 is 0. The Bertz CT molecular complexity index is 273. The lowest BCUT2D eigenvalue weighted by molar-refractivity contribution is 0.145. The van der Waals surface area contributed by atoms with E-state index in [2.05, 4.69) is 13.8 Å². The molecule has 2 saturated heterocycles. The lowest BCUT2D eigenvalue weighted by atomic mass is 9.87. The molecule has 4 aliphatic rings. The van der Waals surface area contributed by atoms with Gasteiger partial charge in [-0.1, -0.05) is 0 Å². The molecule has 4 fully saturated rings. The van der Waals surface area contributed by atoms with Crippen molar-refractivity contribution in [1.29, 1.82) is 0 Å². The summed E-state index contributed by atoms with van der Waals surface area (Å²) in [5, 5.41) is 0. The van der Waals surface area contributed by atoms with E-state index in [1.165, 1.54) is 25.7 Å². The molecular formula is C12H18O2. The summed E-state index contributed by atoms with van der Waals surface area (Å²) in [6, 6.07) is 0. The molecule has 2 saturated carbocycles. The Morgan fingerprint density at radius 2 is 1.29 bits per heavy atom. The standard InChI is InChI=1S/C12H18O2/c1-11-5-3-7(9(11)13-11)8-4-6-12(2)10(8)14-12/h7-10H,3-6H2,1-2H3. The van der Waals surface area contributed by atoms with Crippen LogP contribution in [0.15, 0.2) is 0 Å². The van der Waals surface area contributed by atoms with Crippen molar-refractivity contribution in [3.8, 4) is 0 Å². The van der Waals surface area contributed by atoms with E-state index in [9.17, 15) is 0 Å². The van der Waals surface area contributed by atoms with Crippen molar-refractivity contribution in [2.24, 2.45) is 11.8 Å². The first-order valence-corrected chi connectivity index (χ1v) is 5.98. The quantitative estimate of drug-likeness (QED) is 0.597. The molecule has 2 aliphatic heterocycles. The van der Waals surface area contributed by atoms with Gasteiger partial charge >= 0.3 is 0 Å². The van der Waals surface area contributed by atoms with Crippen molar-refractivity contribution in [1.82, 2.24) is 0 Å². The Kier molecular flexibility index (Phi) is 1.19. The minimum absolute atomic E-state index is 0.276. The Labute approximate surface area is 85.0 Å². The average Bonchev–Trinajstić information content (AvgIpc) is 2.92. The van der Waals surface area contributed by atoms with Gasteiger partial charge in [0.1, 0.15) is 0 Å². The number of hydrogen-bond donors (Lipinski definition) is 0. The molecule has 0 amide bonds. The van der Waals surface area contributed by atoms with Gasteiger partial charge in [-0.3, -0.25) is 0 Å². The van der Waals surface area contributed by atoms with E-state index < -0.39 is 0 Å². The summed E-state index contributed by atoms with van der Waals surface area (Å²) in [5.41, 5.74) is 0.553. The molecule has 0 aromatic carbocycles. The first-order valence-electron chi connectivity index (χ1n) is 5.98. The topological polar surface area (TPSA) is 25.1 Å². The normalized spacial score (nSPS) is 69.0. The fourth-order valence-corrected chi connectivity index (χ4v) is 4.08. The second kappa shape index (κ2) is 2.05. The summed E-state index contributed by atoms with van der Waals surface area (Å²) in [6.45, 7) is 4.55. The van der Waals surface area contributed by atoms with Crippen molar-refractivity contribution in [3.05, 3.63) is 0 Å². The maximum absolute atomic E-state index is 5.81. The Hall–Kier alpha value is -0.0800. The highest BCUT2D eigenvalue weighted by atomic mass is 16.6. The smallest absolute Gasteiger partial charge is 0.0923 e. The minimum Gasteiger partial charge on any atom is -0.366 e. The highest BCUT2D eigenvalue weighted by Crippen LogP contribution is 2.63. The van der Waals surface area contributed by atoms with Gasteiger partial charge < -0.3 is 9.47 Å². The van der Waals surface area contributed by atoms with Crippen LogP contribution in [0.3, 0.4) is 0 Å². The van der Waals surface area contributed by atoms with Crippen LogP contribution in [-0.2, 0) is 9.47 Å². The third-order valence-electron chi connectivity index (χ3n) is 5.16. The molecule has 0 N–H and O–H groups in total. The molecule has 14 heavy (non-hydrogen) atoms. The maximum atomic E-state index is 5.81. The fraction of sp³-hybridized carbons (Fsp3) is 1.00. The lowest BCUT2D eigenvalue weighted by Gasteiger charge is -2.18. The van der Waals surface area contributed by atoms with Gasteiger partial charge in [-0.05, 0) is 51.4 Å². The molecule has 78 valence electrons. The predicted molar refractivity (Wildman–Crippen MR) is 52.0 cm³/mol. The zero-order valence-corrected chi connectivity index (χ0v) is 8.95. The Balaban J connectivity index is 1.56. The first-order chi connectivity index (χ1) is 6.62. The van der Waals surface area contributed by atoms with Crippen molar-refractivity contribution in [3.63, 3.8) is 0 Å². The number of rotatable bonds is 1. The molecule has 2 aliphatic carbocycles. The SMILES string of the molecule is CC12CCC(C3CCC4(C)OC34)C1O2. The van der Waals surface area contributed by atoms with Gasteiger partial charge in [0.25, 0.3) is 0 Å². The zero-order chi connectivity index (χ0) is 9.55. The zero-order valence-electron chi connectivity index (χ0n) is 8.95. The van der Waals surface area contributed by atoms with Gasteiger partial charge in [-0.2, -0.15) is 0 Å². The van der Waals surface area contributed by atoms with Crippen LogP contribution in [0.25, 0.3) is 0 Å². The summed E-state index contributed by atoms with van der Waals surface area (Å²) in [4.78, 5) is 0. The molecule has 2 nitrogen and oxygen atoms in total. The molecule has 2 heterocycles. The van der Waals surface area contributed by atoms with E-state index in [0.29, 0.717) is 12.2 Å². The largest absolute Gasteiger partial charge is 0.366 e. The van der Waals surface area contributed by atoms with Gasteiger partial charge in [-0.15, -0.1) is 0 Å². The third-order valence-corrected chi connectivity index (χ3v) is 5.16. The third kappa shape index (κ3) is 0.809. The van der Waals surface area contributed by atoms with E-state index in [1.807, 2.05) is 0 Å². The van der Waals surface area contributed by atoms with E-state index in [-0.39, 0.29) is 11.2 Å². The van der Waals surface area contributed by atoms with Crippen LogP contribution < -0.4 is 0 Å². The van der Waals surface area contributed by atoms with Gasteiger partial charge in [-0.25, -0.2) is 0 Å². The highest BCUT2D eigenvalue weighted by molar-refractivity contribution is 5.17. The minimum atomic E-state index is 0.276. The molecule has 6 unspecified atom stereocenters. The molecule has 0 aromatic rings. The van der Waals surface area contributed by atoms with Crippen molar-refractivity contribution in [2.75, 3.05) is 0 Å². The lowest BCUT2D eigenvalue weighted by Crippen LogP contribution is -2.21. The van der Waals surface area contributed by atoms with Crippen LogP contribution in [-0.4, -0.2) is 23.4 Å². The van der Waals surface area contributed by atoms with Crippen LogP contribution >= 0.6 is 0 Å². The van der Waals surface area contributed by atoms with Crippen LogP contribution in [0.1, 0.15) is 39.5 Å². The van der Waals surface area contributed by atoms with Crippen LogP contribution in [0.2, 0.25) is 0 Å². The molecule has 2 heteroatoms. The van der Waals surface area contributed by atoms with E-state index in [4.69, 9.17) is 9.47 Å². The molecule has 4 rings (SSSR count). The highest BCUT2D eigenvalue weighted by Gasteiger charge is 2.69. The Morgan fingerprint density at radius 3 is 1.50 bits per heavy atom. The predicted octanol–water partition coefficient (Wildman–Crippen LogP) is 2.12. The molecule has 0 spiro atoms. The van der Waals surface area contributed by atoms with Crippen molar-refractivity contribution < 1.29 is 9.47 Å². The van der Waals surface area contributed by atoms with Crippen molar-refractivity contribution >= 4 is 0 Å². The average molecular weight is 194 g/mol. The molecule has 0 radical (unpaired) electrons. The number of ether oxygens (including phenoxy) is 2. The summed E-state index contributed by atoms with van der Waals surface area (Å²) in [6.07, 6.45) is 6.48. The second-order valence-electron chi connectivity index (χ2n) is 6.11. The van der Waals surface area contributed by atoms with E-state index in [0.717, 1.165) is 11.8 Å². The van der Waals surface area contributed by atoms with Gasteiger partial charge in [0.2, 0.25) is 0 Å². The monoisotopic (exact) mass is 194 g/mol. The van der Waals surface area contributed by atoms with Crippen LogP contribution in [0.5, 0.6) is 0 Å². The maximum Gasteiger partial charge on any atom is 0.0923 e. The number of hydrogen-bond acceptors (Lipinski definition) is 2. The number of epoxide rings is 2. The van der Waals surface area contributed by atoms with Crippen molar-refractivity contribution in [2.45, 2.75) is 62.9 Å². The summed E-state index contributed by atoms with van der Waals surface area (Å²) in [5.74, 6) is 1.63. The van der Waals surface area contributed by atoms with Gasteiger partial charge in [0.05, 0.1) is 23.4 Å². The molecular weight excluding hydrogens is 176 g/mol. The Morgan fingerprint density at radius 1 is 0.857 bits per heavy atom. The van der Waals surface area contributed by atoms with Gasteiger partial charge in [0, 0.05) is 0 Å². The summed E-state index contributed by atoms with van der Waals surface area (Å²) < 4.78 is 11.6. The fourth-order valence-electron chi connectivity index (χ4n) is 4.08.